The van der Waals surface area contributed by atoms with E-state index in [1.807, 2.05) is 6.20 Å². The van der Waals surface area contributed by atoms with Crippen molar-refractivity contribution in [2.75, 3.05) is 20.2 Å². The lowest BCUT2D eigenvalue weighted by Crippen LogP contribution is -2.27. The molecule has 0 aliphatic heterocycles. The van der Waals surface area contributed by atoms with Crippen LogP contribution in [-0.4, -0.2) is 25.2 Å². The summed E-state index contributed by atoms with van der Waals surface area (Å²) in [5.41, 5.74) is 1.35. The van der Waals surface area contributed by atoms with E-state index >= 15 is 0 Å². The van der Waals surface area contributed by atoms with Crippen molar-refractivity contribution in [3.63, 3.8) is 0 Å². The summed E-state index contributed by atoms with van der Waals surface area (Å²) in [5.74, 6) is 1.53. The smallest absolute Gasteiger partial charge is 0.137 e. The highest BCUT2D eigenvalue weighted by Gasteiger charge is 2.21. The average Bonchev–Trinajstić information content (AvgIpc) is 2.34. The van der Waals surface area contributed by atoms with Crippen molar-refractivity contribution in [2.24, 2.45) is 5.92 Å². The summed E-state index contributed by atoms with van der Waals surface area (Å²) in [6.45, 7) is 11.1. The maximum atomic E-state index is 5.23. The Morgan fingerprint density at radius 2 is 2.06 bits per heavy atom. The standard InChI is InChI=1S/C15H26N2O/c1-12(2)9-16-7-6-15(3,4)13-8-14(18-5)11-17-10-13/h8,10-12,16H,6-7,9H2,1-5H3. The molecule has 1 rings (SSSR count). The van der Waals surface area contributed by atoms with Crippen LogP contribution < -0.4 is 10.1 Å². The van der Waals surface area contributed by atoms with Gasteiger partial charge in [0.05, 0.1) is 13.3 Å². The molecule has 0 aliphatic carbocycles. The molecule has 0 aromatic carbocycles. The molecule has 3 nitrogen and oxygen atoms in total. The normalized spacial score (nSPS) is 11.9. The van der Waals surface area contributed by atoms with E-state index in [4.69, 9.17) is 4.74 Å². The zero-order valence-corrected chi connectivity index (χ0v) is 12.3. The van der Waals surface area contributed by atoms with Gasteiger partial charge in [0.15, 0.2) is 0 Å². The van der Waals surface area contributed by atoms with Crippen LogP contribution in [0.3, 0.4) is 0 Å². The van der Waals surface area contributed by atoms with Crippen LogP contribution >= 0.6 is 0 Å². The molecule has 102 valence electrons. The number of methoxy groups -OCH3 is 1. The molecule has 1 aromatic heterocycles. The van der Waals surface area contributed by atoms with E-state index in [2.05, 4.69) is 44.1 Å². The molecule has 0 fully saturated rings. The average molecular weight is 250 g/mol. The molecule has 0 amide bonds. The highest BCUT2D eigenvalue weighted by atomic mass is 16.5. The Kier molecular flexibility index (Phi) is 5.60. The predicted molar refractivity (Wildman–Crippen MR) is 76.1 cm³/mol. The fourth-order valence-corrected chi connectivity index (χ4v) is 1.84. The number of ether oxygens (including phenoxy) is 1. The van der Waals surface area contributed by atoms with Gasteiger partial charge >= 0.3 is 0 Å². The number of aromatic nitrogens is 1. The van der Waals surface area contributed by atoms with Crippen LogP contribution in [0.2, 0.25) is 0 Å². The molecule has 0 radical (unpaired) electrons. The first-order valence-corrected chi connectivity index (χ1v) is 6.66. The lowest BCUT2D eigenvalue weighted by molar-refractivity contribution is 0.405. The van der Waals surface area contributed by atoms with Gasteiger partial charge in [0, 0.05) is 6.20 Å². The number of rotatable bonds is 7. The van der Waals surface area contributed by atoms with Crippen molar-refractivity contribution in [1.29, 1.82) is 0 Å². The van der Waals surface area contributed by atoms with Gasteiger partial charge in [-0.1, -0.05) is 27.7 Å². The number of hydrogen-bond donors (Lipinski definition) is 1. The van der Waals surface area contributed by atoms with Crippen LogP contribution in [0, 0.1) is 5.92 Å². The minimum atomic E-state index is 0.117. The Bertz CT molecular complexity index is 361. The molecule has 1 N–H and O–H groups in total. The highest BCUT2D eigenvalue weighted by molar-refractivity contribution is 5.28. The molecule has 0 unspecified atom stereocenters. The Hall–Kier alpha value is -1.09. The van der Waals surface area contributed by atoms with Gasteiger partial charge < -0.3 is 10.1 Å². The molecular weight excluding hydrogens is 224 g/mol. The molecule has 18 heavy (non-hydrogen) atoms. The molecule has 3 heteroatoms. The number of pyridine rings is 1. The van der Waals surface area contributed by atoms with Crippen molar-refractivity contribution in [2.45, 2.75) is 39.5 Å². The summed E-state index contributed by atoms with van der Waals surface area (Å²) in [5, 5.41) is 3.49. The van der Waals surface area contributed by atoms with E-state index in [0.717, 1.165) is 25.3 Å². The van der Waals surface area contributed by atoms with Gasteiger partial charge in [-0.25, -0.2) is 0 Å². The van der Waals surface area contributed by atoms with Crippen LogP contribution in [-0.2, 0) is 5.41 Å². The molecule has 1 heterocycles. The Labute approximate surface area is 111 Å². The van der Waals surface area contributed by atoms with Crippen molar-refractivity contribution in [3.05, 3.63) is 24.0 Å². The molecule has 0 atom stereocenters. The van der Waals surface area contributed by atoms with Gasteiger partial charge in [-0.2, -0.15) is 0 Å². The molecule has 0 bridgehead atoms. The van der Waals surface area contributed by atoms with E-state index in [1.54, 1.807) is 13.3 Å². The molecule has 0 aliphatic rings. The van der Waals surface area contributed by atoms with Gasteiger partial charge in [-0.15, -0.1) is 0 Å². The third-order valence-electron chi connectivity index (χ3n) is 3.21. The van der Waals surface area contributed by atoms with Crippen molar-refractivity contribution >= 4 is 0 Å². The fraction of sp³-hybridized carbons (Fsp3) is 0.667. The third-order valence-corrected chi connectivity index (χ3v) is 3.21. The van der Waals surface area contributed by atoms with E-state index in [9.17, 15) is 0 Å². The topological polar surface area (TPSA) is 34.1 Å². The van der Waals surface area contributed by atoms with Gasteiger partial charge in [0.2, 0.25) is 0 Å². The Balaban J connectivity index is 2.56. The van der Waals surface area contributed by atoms with Gasteiger partial charge in [-0.05, 0) is 42.5 Å². The molecule has 0 spiro atoms. The SMILES string of the molecule is COc1cncc(C(C)(C)CCNCC(C)C)c1. The van der Waals surface area contributed by atoms with Crippen LogP contribution in [0.5, 0.6) is 5.75 Å². The number of nitrogens with one attached hydrogen (secondary N) is 1. The van der Waals surface area contributed by atoms with Crippen molar-refractivity contribution < 1.29 is 4.74 Å². The first-order chi connectivity index (χ1) is 8.45. The van der Waals surface area contributed by atoms with Crippen molar-refractivity contribution in [3.8, 4) is 5.75 Å². The highest BCUT2D eigenvalue weighted by Crippen LogP contribution is 2.28. The quantitative estimate of drug-likeness (QED) is 0.755. The minimum absolute atomic E-state index is 0.117. The summed E-state index contributed by atoms with van der Waals surface area (Å²) < 4.78 is 5.23. The molecule has 0 saturated carbocycles. The maximum Gasteiger partial charge on any atom is 0.137 e. The van der Waals surface area contributed by atoms with E-state index in [1.165, 1.54) is 5.56 Å². The van der Waals surface area contributed by atoms with Gasteiger partial charge in [0.1, 0.15) is 5.75 Å². The summed E-state index contributed by atoms with van der Waals surface area (Å²) in [6, 6.07) is 2.08. The van der Waals surface area contributed by atoms with E-state index in [0.29, 0.717) is 5.92 Å². The monoisotopic (exact) mass is 250 g/mol. The molecule has 1 aromatic rings. The Morgan fingerprint density at radius 3 is 2.67 bits per heavy atom. The second-order valence-corrected chi connectivity index (χ2v) is 5.85. The third kappa shape index (κ3) is 4.65. The van der Waals surface area contributed by atoms with E-state index < -0.39 is 0 Å². The molecule has 0 saturated heterocycles. The van der Waals surface area contributed by atoms with Crippen molar-refractivity contribution in [1.82, 2.24) is 10.3 Å². The Morgan fingerprint density at radius 1 is 1.33 bits per heavy atom. The summed E-state index contributed by atoms with van der Waals surface area (Å²) in [7, 11) is 1.68. The summed E-state index contributed by atoms with van der Waals surface area (Å²) in [4.78, 5) is 4.23. The van der Waals surface area contributed by atoms with Gasteiger partial charge in [0.25, 0.3) is 0 Å². The van der Waals surface area contributed by atoms with Crippen LogP contribution in [0.15, 0.2) is 18.5 Å². The lowest BCUT2D eigenvalue weighted by atomic mass is 9.82. The zero-order chi connectivity index (χ0) is 13.6. The van der Waals surface area contributed by atoms with E-state index in [-0.39, 0.29) is 5.41 Å². The lowest BCUT2D eigenvalue weighted by Gasteiger charge is -2.25. The maximum absolute atomic E-state index is 5.23. The fourth-order valence-electron chi connectivity index (χ4n) is 1.84. The second kappa shape index (κ2) is 6.74. The number of hydrogen-bond acceptors (Lipinski definition) is 3. The largest absolute Gasteiger partial charge is 0.495 e. The van der Waals surface area contributed by atoms with Crippen LogP contribution in [0.4, 0.5) is 0 Å². The van der Waals surface area contributed by atoms with Crippen LogP contribution in [0.1, 0.15) is 39.7 Å². The molecular formula is C15H26N2O. The summed E-state index contributed by atoms with van der Waals surface area (Å²) >= 11 is 0. The zero-order valence-electron chi connectivity index (χ0n) is 12.3. The minimum Gasteiger partial charge on any atom is -0.495 e. The summed E-state index contributed by atoms with van der Waals surface area (Å²) in [6.07, 6.45) is 4.77. The number of nitrogens with zero attached hydrogens (tertiary/aromatic N) is 1. The first-order valence-electron chi connectivity index (χ1n) is 6.66. The predicted octanol–water partition coefficient (Wildman–Crippen LogP) is 3.00. The van der Waals surface area contributed by atoms with Gasteiger partial charge in [-0.3, -0.25) is 4.98 Å². The first kappa shape index (κ1) is 15.0. The second-order valence-electron chi connectivity index (χ2n) is 5.85. The van der Waals surface area contributed by atoms with Crippen LogP contribution in [0.25, 0.3) is 0 Å².